The van der Waals surface area contributed by atoms with E-state index in [1.807, 2.05) is 12.1 Å². The van der Waals surface area contributed by atoms with Gasteiger partial charge in [-0.3, -0.25) is 0 Å². The molecule has 1 aromatic carbocycles. The van der Waals surface area contributed by atoms with E-state index in [-0.39, 0.29) is 11.3 Å². The summed E-state index contributed by atoms with van der Waals surface area (Å²) in [7, 11) is 0. The minimum atomic E-state index is -1.04. The summed E-state index contributed by atoms with van der Waals surface area (Å²) in [5.74, 6) is 0.109. The van der Waals surface area contributed by atoms with Crippen LogP contribution >= 0.6 is 0 Å². The number of carbonyl (C=O) groups is 1. The lowest BCUT2D eigenvalue weighted by atomic mass is 10.0. The van der Waals surface area contributed by atoms with Gasteiger partial charge in [0, 0.05) is 5.56 Å². The van der Waals surface area contributed by atoms with Crippen molar-refractivity contribution in [2.75, 3.05) is 6.61 Å². The maximum absolute atomic E-state index is 11.0. The molecule has 0 amide bonds. The Morgan fingerprint density at radius 3 is 3.11 bits per heavy atom. The van der Waals surface area contributed by atoms with E-state index in [1.54, 1.807) is 6.07 Å². The van der Waals surface area contributed by atoms with Crippen molar-refractivity contribution in [3.63, 3.8) is 0 Å². The number of aromatic carboxylic acids is 1. The molecule has 0 fully saturated rings. The van der Waals surface area contributed by atoms with Crippen molar-refractivity contribution in [3.8, 4) is 17.1 Å². The Balaban J connectivity index is 2.06. The number of carboxylic acid groups (broad SMARTS) is 1. The van der Waals surface area contributed by atoms with Crippen LogP contribution in [0.15, 0.2) is 28.9 Å². The van der Waals surface area contributed by atoms with Gasteiger partial charge in [0.25, 0.3) is 0 Å². The highest BCUT2D eigenvalue weighted by Crippen LogP contribution is 2.31. The highest BCUT2D eigenvalue weighted by atomic mass is 16.5. The van der Waals surface area contributed by atoms with Gasteiger partial charge in [0.05, 0.1) is 12.8 Å². The third-order valence-electron chi connectivity index (χ3n) is 2.97. The summed E-state index contributed by atoms with van der Waals surface area (Å²) in [6, 6.07) is 5.54. The lowest BCUT2D eigenvalue weighted by molar-refractivity contribution is 0.0697. The Labute approximate surface area is 103 Å². The Morgan fingerprint density at radius 1 is 1.39 bits per heavy atom. The molecule has 5 heteroatoms. The molecule has 0 unspecified atom stereocenters. The molecule has 0 atom stereocenters. The SMILES string of the molecule is O=C(O)c1cnoc1-c1ccc2c(c1)CCCO2. The number of benzene rings is 1. The van der Waals surface area contributed by atoms with Crippen molar-refractivity contribution in [1.82, 2.24) is 5.16 Å². The minimum Gasteiger partial charge on any atom is -0.493 e. The van der Waals surface area contributed by atoms with Crippen LogP contribution < -0.4 is 4.74 Å². The molecule has 1 aliphatic rings. The molecule has 0 radical (unpaired) electrons. The average Bonchev–Trinajstić information content (AvgIpc) is 2.87. The molecule has 2 heterocycles. The summed E-state index contributed by atoms with van der Waals surface area (Å²) in [5.41, 5.74) is 1.87. The smallest absolute Gasteiger partial charge is 0.341 e. The van der Waals surface area contributed by atoms with Gasteiger partial charge in [0.2, 0.25) is 0 Å². The zero-order valence-corrected chi connectivity index (χ0v) is 9.55. The van der Waals surface area contributed by atoms with Gasteiger partial charge in [-0.15, -0.1) is 0 Å². The third-order valence-corrected chi connectivity index (χ3v) is 2.97. The van der Waals surface area contributed by atoms with Gasteiger partial charge in [-0.25, -0.2) is 4.79 Å². The second kappa shape index (κ2) is 4.18. The van der Waals surface area contributed by atoms with Crippen molar-refractivity contribution >= 4 is 5.97 Å². The number of rotatable bonds is 2. The highest BCUT2D eigenvalue weighted by molar-refractivity contribution is 5.94. The van der Waals surface area contributed by atoms with Crippen LogP contribution in [-0.4, -0.2) is 22.8 Å². The first-order valence-corrected chi connectivity index (χ1v) is 5.70. The molecule has 0 bridgehead atoms. The molecule has 1 N–H and O–H groups in total. The lowest BCUT2D eigenvalue weighted by Crippen LogP contribution is -2.08. The molecule has 1 aromatic heterocycles. The molecule has 0 saturated heterocycles. The Morgan fingerprint density at radius 2 is 2.28 bits per heavy atom. The Bertz CT molecular complexity index is 603. The van der Waals surface area contributed by atoms with Gasteiger partial charge in [-0.1, -0.05) is 5.16 Å². The molecule has 0 saturated carbocycles. The molecular formula is C13H11NO4. The normalized spacial score (nSPS) is 13.8. The number of aryl methyl sites for hydroxylation is 1. The predicted octanol–water partition coefficient (Wildman–Crippen LogP) is 2.36. The fraction of sp³-hybridized carbons (Fsp3) is 0.231. The molecular weight excluding hydrogens is 234 g/mol. The van der Waals surface area contributed by atoms with Gasteiger partial charge >= 0.3 is 5.97 Å². The van der Waals surface area contributed by atoms with Crippen LogP contribution in [0, 0.1) is 0 Å². The third kappa shape index (κ3) is 1.73. The molecule has 1 aliphatic heterocycles. The van der Waals surface area contributed by atoms with Crippen LogP contribution in [0.5, 0.6) is 5.75 Å². The van der Waals surface area contributed by atoms with Crippen LogP contribution in [0.3, 0.4) is 0 Å². The number of hydrogen-bond acceptors (Lipinski definition) is 4. The van der Waals surface area contributed by atoms with E-state index in [2.05, 4.69) is 5.16 Å². The van der Waals surface area contributed by atoms with E-state index < -0.39 is 5.97 Å². The molecule has 0 aliphatic carbocycles. The van der Waals surface area contributed by atoms with Crippen molar-refractivity contribution in [3.05, 3.63) is 35.5 Å². The van der Waals surface area contributed by atoms with Crippen molar-refractivity contribution in [2.24, 2.45) is 0 Å². The second-order valence-corrected chi connectivity index (χ2v) is 4.15. The van der Waals surface area contributed by atoms with E-state index >= 15 is 0 Å². The lowest BCUT2D eigenvalue weighted by Gasteiger charge is -2.17. The van der Waals surface area contributed by atoms with Crippen molar-refractivity contribution < 1.29 is 19.2 Å². The number of aromatic nitrogens is 1. The quantitative estimate of drug-likeness (QED) is 0.879. The van der Waals surface area contributed by atoms with E-state index in [1.165, 1.54) is 6.20 Å². The molecule has 5 nitrogen and oxygen atoms in total. The zero-order chi connectivity index (χ0) is 12.5. The number of ether oxygens (including phenoxy) is 1. The average molecular weight is 245 g/mol. The van der Waals surface area contributed by atoms with Crippen molar-refractivity contribution in [1.29, 1.82) is 0 Å². The fourth-order valence-electron chi connectivity index (χ4n) is 2.10. The van der Waals surface area contributed by atoms with E-state index in [0.29, 0.717) is 5.56 Å². The monoisotopic (exact) mass is 245 g/mol. The number of carboxylic acids is 1. The molecule has 3 rings (SSSR count). The van der Waals surface area contributed by atoms with Crippen LogP contribution in [0.25, 0.3) is 11.3 Å². The second-order valence-electron chi connectivity index (χ2n) is 4.15. The number of fused-ring (bicyclic) bond motifs is 1. The van der Waals surface area contributed by atoms with Gasteiger partial charge < -0.3 is 14.4 Å². The molecule has 92 valence electrons. The summed E-state index contributed by atoms with van der Waals surface area (Å²) < 4.78 is 10.5. The van der Waals surface area contributed by atoms with E-state index in [9.17, 15) is 4.79 Å². The van der Waals surface area contributed by atoms with Crippen LogP contribution in [0.4, 0.5) is 0 Å². The summed E-state index contributed by atoms with van der Waals surface area (Å²) in [5, 5.41) is 12.6. The fourth-order valence-corrected chi connectivity index (χ4v) is 2.10. The van der Waals surface area contributed by atoms with Gasteiger partial charge in [-0.05, 0) is 36.6 Å². The summed E-state index contributed by atoms with van der Waals surface area (Å²) in [6.45, 7) is 0.731. The summed E-state index contributed by atoms with van der Waals surface area (Å²) in [4.78, 5) is 11.0. The predicted molar refractivity (Wildman–Crippen MR) is 62.7 cm³/mol. The zero-order valence-electron chi connectivity index (χ0n) is 9.55. The van der Waals surface area contributed by atoms with Crippen molar-refractivity contribution in [2.45, 2.75) is 12.8 Å². The van der Waals surface area contributed by atoms with E-state index in [0.717, 1.165) is 30.8 Å². The standard InChI is InChI=1S/C13H11NO4/c15-13(16)10-7-14-18-12(10)9-3-4-11-8(6-9)2-1-5-17-11/h3-4,6-7H,1-2,5H2,(H,15,16). The van der Waals surface area contributed by atoms with Crippen LogP contribution in [-0.2, 0) is 6.42 Å². The highest BCUT2D eigenvalue weighted by Gasteiger charge is 2.19. The van der Waals surface area contributed by atoms with E-state index in [4.69, 9.17) is 14.4 Å². The number of hydrogen-bond donors (Lipinski definition) is 1. The number of nitrogens with zero attached hydrogens (tertiary/aromatic N) is 1. The first-order chi connectivity index (χ1) is 8.75. The summed E-state index contributed by atoms with van der Waals surface area (Å²) >= 11 is 0. The largest absolute Gasteiger partial charge is 0.493 e. The van der Waals surface area contributed by atoms with Gasteiger partial charge in [0.1, 0.15) is 11.3 Å². The van der Waals surface area contributed by atoms with Gasteiger partial charge in [-0.2, -0.15) is 0 Å². The maximum Gasteiger partial charge on any atom is 0.341 e. The Hall–Kier alpha value is -2.30. The molecule has 2 aromatic rings. The first-order valence-electron chi connectivity index (χ1n) is 5.70. The molecule has 0 spiro atoms. The summed E-state index contributed by atoms with van der Waals surface area (Å²) in [6.07, 6.45) is 3.12. The first kappa shape index (κ1) is 10.8. The van der Waals surface area contributed by atoms with Crippen LogP contribution in [0.1, 0.15) is 22.3 Å². The molecule has 18 heavy (non-hydrogen) atoms. The maximum atomic E-state index is 11.0. The topological polar surface area (TPSA) is 72.6 Å². The van der Waals surface area contributed by atoms with Gasteiger partial charge in [0.15, 0.2) is 5.76 Å². The minimum absolute atomic E-state index is 0.0756. The van der Waals surface area contributed by atoms with Crippen LogP contribution in [0.2, 0.25) is 0 Å². The Kier molecular flexibility index (Phi) is 2.51.